The monoisotopic (exact) mass is 331 g/mol. The normalized spacial score (nSPS) is 13.4. The number of fused-ring (bicyclic) bond motifs is 1. The van der Waals surface area contributed by atoms with Gasteiger partial charge in [-0.05, 0) is 42.7 Å². The van der Waals surface area contributed by atoms with E-state index < -0.39 is 0 Å². The Labute approximate surface area is 143 Å². The van der Waals surface area contributed by atoms with Gasteiger partial charge in [0.1, 0.15) is 5.01 Å². The van der Waals surface area contributed by atoms with Crippen LogP contribution in [-0.2, 0) is 6.42 Å². The van der Waals surface area contributed by atoms with Crippen LogP contribution in [0.4, 0.5) is 0 Å². The standard InChI is InChI=1S/C19H13N3OS/c20-10-12-3-1-4-13(9-12)18-11-21-19(24-18)16-8-7-14-15(22-16)5-2-6-17(14)23/h1,3-4,7-9,11H,2,5-6H2. The van der Waals surface area contributed by atoms with Crippen LogP contribution in [0, 0.1) is 11.3 Å². The summed E-state index contributed by atoms with van der Waals surface area (Å²) in [5.41, 5.74) is 4.05. The van der Waals surface area contributed by atoms with E-state index in [1.165, 1.54) is 0 Å². The molecule has 0 aliphatic heterocycles. The average Bonchev–Trinajstić information content (AvgIpc) is 3.12. The molecule has 0 fully saturated rings. The molecule has 4 rings (SSSR count). The third kappa shape index (κ3) is 2.61. The number of hydrogen-bond acceptors (Lipinski definition) is 5. The maximum absolute atomic E-state index is 11.9. The number of benzene rings is 1. The third-order valence-electron chi connectivity index (χ3n) is 4.09. The zero-order valence-electron chi connectivity index (χ0n) is 12.8. The molecule has 0 atom stereocenters. The van der Waals surface area contributed by atoms with E-state index in [-0.39, 0.29) is 5.78 Å². The van der Waals surface area contributed by atoms with Crippen LogP contribution in [0.15, 0.2) is 42.6 Å². The van der Waals surface area contributed by atoms with E-state index in [1.807, 2.05) is 36.5 Å². The molecule has 1 aliphatic carbocycles. The number of hydrogen-bond donors (Lipinski definition) is 0. The van der Waals surface area contributed by atoms with Crippen molar-refractivity contribution in [3.05, 3.63) is 59.4 Å². The topological polar surface area (TPSA) is 66.6 Å². The van der Waals surface area contributed by atoms with Crippen molar-refractivity contribution in [1.29, 1.82) is 5.26 Å². The van der Waals surface area contributed by atoms with Crippen LogP contribution in [-0.4, -0.2) is 15.8 Å². The Bertz CT molecular complexity index is 984. The Hall–Kier alpha value is -2.84. The van der Waals surface area contributed by atoms with Gasteiger partial charge in [-0.15, -0.1) is 11.3 Å². The fraction of sp³-hybridized carbons (Fsp3) is 0.158. The van der Waals surface area contributed by atoms with Crippen molar-refractivity contribution in [2.24, 2.45) is 0 Å². The van der Waals surface area contributed by atoms with Crippen molar-refractivity contribution in [3.63, 3.8) is 0 Å². The van der Waals surface area contributed by atoms with Crippen LogP contribution in [0.25, 0.3) is 21.1 Å². The quantitative estimate of drug-likeness (QED) is 0.703. The number of thiazole rings is 1. The molecule has 3 aromatic rings. The number of nitrogens with zero attached hydrogens (tertiary/aromatic N) is 3. The zero-order chi connectivity index (χ0) is 16.5. The summed E-state index contributed by atoms with van der Waals surface area (Å²) in [7, 11) is 0. The van der Waals surface area contributed by atoms with Crippen molar-refractivity contribution in [2.75, 3.05) is 0 Å². The van der Waals surface area contributed by atoms with Crippen LogP contribution in [0.2, 0.25) is 0 Å². The number of rotatable bonds is 2. The van der Waals surface area contributed by atoms with E-state index in [0.717, 1.165) is 45.2 Å². The van der Waals surface area contributed by atoms with Crippen LogP contribution >= 0.6 is 11.3 Å². The minimum atomic E-state index is 0.184. The highest BCUT2D eigenvalue weighted by Gasteiger charge is 2.19. The van der Waals surface area contributed by atoms with Crippen LogP contribution in [0.1, 0.15) is 34.5 Å². The first-order chi connectivity index (χ1) is 11.7. The summed E-state index contributed by atoms with van der Waals surface area (Å²) in [6.45, 7) is 0. The number of Topliss-reactive ketones (excluding diaryl/α,β-unsaturated/α-hetero) is 1. The number of ketones is 1. The molecule has 0 spiro atoms. The van der Waals surface area contributed by atoms with E-state index in [9.17, 15) is 4.79 Å². The van der Waals surface area contributed by atoms with Gasteiger partial charge >= 0.3 is 0 Å². The molecule has 0 saturated carbocycles. The number of pyridine rings is 1. The molecule has 116 valence electrons. The summed E-state index contributed by atoms with van der Waals surface area (Å²) in [5.74, 6) is 0.184. The van der Waals surface area contributed by atoms with Crippen molar-refractivity contribution in [2.45, 2.75) is 19.3 Å². The Morgan fingerprint density at radius 2 is 2.08 bits per heavy atom. The van der Waals surface area contributed by atoms with Gasteiger partial charge in [-0.3, -0.25) is 4.79 Å². The lowest BCUT2D eigenvalue weighted by Crippen LogP contribution is -2.12. The van der Waals surface area contributed by atoms with Gasteiger partial charge in [-0.1, -0.05) is 12.1 Å². The van der Waals surface area contributed by atoms with Crippen molar-refractivity contribution >= 4 is 17.1 Å². The molecule has 2 heterocycles. The van der Waals surface area contributed by atoms with E-state index in [0.29, 0.717) is 12.0 Å². The third-order valence-corrected chi connectivity index (χ3v) is 5.16. The SMILES string of the molecule is N#Cc1cccc(-c2cnc(-c3ccc4c(n3)CCCC4=O)s2)c1. The molecule has 0 radical (unpaired) electrons. The molecular weight excluding hydrogens is 318 g/mol. The molecule has 5 heteroatoms. The number of carbonyl (C=O) groups excluding carboxylic acids is 1. The molecule has 0 N–H and O–H groups in total. The predicted molar refractivity (Wildman–Crippen MR) is 92.8 cm³/mol. The van der Waals surface area contributed by atoms with Gasteiger partial charge in [0.2, 0.25) is 0 Å². The number of aryl methyl sites for hydroxylation is 1. The lowest BCUT2D eigenvalue weighted by Gasteiger charge is -2.13. The van der Waals surface area contributed by atoms with Gasteiger partial charge in [0.05, 0.1) is 27.9 Å². The number of nitriles is 1. The van der Waals surface area contributed by atoms with Crippen molar-refractivity contribution in [3.8, 4) is 27.2 Å². The number of aromatic nitrogens is 2. The number of carbonyl (C=O) groups is 1. The minimum Gasteiger partial charge on any atom is -0.294 e. The highest BCUT2D eigenvalue weighted by atomic mass is 32.1. The van der Waals surface area contributed by atoms with E-state index in [1.54, 1.807) is 17.4 Å². The van der Waals surface area contributed by atoms with Gasteiger partial charge in [-0.2, -0.15) is 5.26 Å². The second kappa shape index (κ2) is 5.99. The first kappa shape index (κ1) is 14.7. The van der Waals surface area contributed by atoms with E-state index in [2.05, 4.69) is 16.0 Å². The fourth-order valence-corrected chi connectivity index (χ4v) is 3.77. The van der Waals surface area contributed by atoms with Crippen LogP contribution in [0.3, 0.4) is 0 Å². The summed E-state index contributed by atoms with van der Waals surface area (Å²) in [6, 6.07) is 13.4. The van der Waals surface area contributed by atoms with Gasteiger partial charge in [0, 0.05) is 18.2 Å². The summed E-state index contributed by atoms with van der Waals surface area (Å²) in [6.07, 6.45) is 4.14. The summed E-state index contributed by atoms with van der Waals surface area (Å²) in [4.78, 5) is 22.0. The van der Waals surface area contributed by atoms with E-state index >= 15 is 0 Å². The lowest BCUT2D eigenvalue weighted by molar-refractivity contribution is 0.0971. The van der Waals surface area contributed by atoms with Crippen LogP contribution in [0.5, 0.6) is 0 Å². The van der Waals surface area contributed by atoms with Crippen LogP contribution < -0.4 is 0 Å². The predicted octanol–water partition coefficient (Wildman–Crippen LogP) is 4.26. The highest BCUT2D eigenvalue weighted by Crippen LogP contribution is 2.32. The average molecular weight is 331 g/mol. The minimum absolute atomic E-state index is 0.184. The summed E-state index contributed by atoms with van der Waals surface area (Å²) in [5, 5.41) is 9.85. The van der Waals surface area contributed by atoms with Gasteiger partial charge in [0.25, 0.3) is 0 Å². The Balaban J connectivity index is 1.70. The lowest BCUT2D eigenvalue weighted by atomic mass is 9.94. The molecule has 2 aromatic heterocycles. The molecule has 0 saturated heterocycles. The molecule has 1 aliphatic rings. The summed E-state index contributed by atoms with van der Waals surface area (Å²) < 4.78 is 0. The van der Waals surface area contributed by atoms with Gasteiger partial charge in [0.15, 0.2) is 5.78 Å². The maximum atomic E-state index is 11.9. The van der Waals surface area contributed by atoms with Gasteiger partial charge in [-0.25, -0.2) is 9.97 Å². The molecule has 24 heavy (non-hydrogen) atoms. The maximum Gasteiger partial charge on any atom is 0.164 e. The first-order valence-corrected chi connectivity index (χ1v) is 8.56. The molecule has 1 aromatic carbocycles. The van der Waals surface area contributed by atoms with E-state index in [4.69, 9.17) is 5.26 Å². The second-order valence-corrected chi connectivity index (χ2v) is 6.72. The second-order valence-electron chi connectivity index (χ2n) is 5.69. The molecular formula is C19H13N3OS. The Morgan fingerprint density at radius 1 is 1.17 bits per heavy atom. The smallest absolute Gasteiger partial charge is 0.164 e. The van der Waals surface area contributed by atoms with Crippen molar-refractivity contribution < 1.29 is 4.79 Å². The zero-order valence-corrected chi connectivity index (χ0v) is 13.6. The first-order valence-electron chi connectivity index (χ1n) is 7.74. The van der Waals surface area contributed by atoms with Crippen molar-refractivity contribution in [1.82, 2.24) is 9.97 Å². The largest absolute Gasteiger partial charge is 0.294 e. The molecule has 0 unspecified atom stereocenters. The summed E-state index contributed by atoms with van der Waals surface area (Å²) >= 11 is 1.54. The van der Waals surface area contributed by atoms with Gasteiger partial charge < -0.3 is 0 Å². The Kier molecular flexibility index (Phi) is 3.68. The molecule has 4 nitrogen and oxygen atoms in total. The fourth-order valence-electron chi connectivity index (χ4n) is 2.88. The highest BCUT2D eigenvalue weighted by molar-refractivity contribution is 7.18. The molecule has 0 bridgehead atoms. The Morgan fingerprint density at radius 3 is 2.96 bits per heavy atom. The molecule has 0 amide bonds.